The normalized spacial score (nSPS) is 11.8. The Hall–Kier alpha value is -2.99. The van der Waals surface area contributed by atoms with Crippen LogP contribution in [-0.2, 0) is 0 Å². The van der Waals surface area contributed by atoms with Crippen LogP contribution in [0.15, 0.2) is 60.9 Å². The summed E-state index contributed by atoms with van der Waals surface area (Å²) in [5.74, 6) is 0.283. The summed E-state index contributed by atoms with van der Waals surface area (Å²) in [7, 11) is 1.42. The number of benzene rings is 2. The first-order valence-corrected chi connectivity index (χ1v) is 7.80. The summed E-state index contributed by atoms with van der Waals surface area (Å²) < 4.78 is 18.8. The van der Waals surface area contributed by atoms with Crippen molar-refractivity contribution in [2.45, 2.75) is 6.10 Å². The van der Waals surface area contributed by atoms with Crippen LogP contribution >= 0.6 is 0 Å². The van der Waals surface area contributed by atoms with Crippen LogP contribution in [0.25, 0.3) is 11.3 Å². The second-order valence-corrected chi connectivity index (χ2v) is 5.45. The molecule has 25 heavy (non-hydrogen) atoms. The van der Waals surface area contributed by atoms with Crippen LogP contribution < -0.4 is 10.1 Å². The van der Waals surface area contributed by atoms with Crippen LogP contribution in [0.3, 0.4) is 0 Å². The van der Waals surface area contributed by atoms with E-state index in [9.17, 15) is 9.50 Å². The van der Waals surface area contributed by atoms with E-state index in [1.165, 1.54) is 19.5 Å². The molecule has 1 unspecified atom stereocenters. The molecule has 3 rings (SSSR count). The van der Waals surface area contributed by atoms with Gasteiger partial charge in [0, 0.05) is 18.2 Å². The fourth-order valence-electron chi connectivity index (χ4n) is 2.43. The molecular formula is C19H18FN3O2. The highest BCUT2D eigenvalue weighted by Gasteiger charge is 2.09. The maximum absolute atomic E-state index is 13.9. The van der Waals surface area contributed by atoms with Crippen molar-refractivity contribution in [3.05, 3.63) is 72.3 Å². The number of hydrogen-bond donors (Lipinski definition) is 2. The summed E-state index contributed by atoms with van der Waals surface area (Å²) in [5.41, 5.74) is 2.02. The number of hydrogen-bond acceptors (Lipinski definition) is 5. The fourth-order valence-corrected chi connectivity index (χ4v) is 2.43. The maximum atomic E-state index is 13.9. The molecule has 2 N–H and O–H groups in total. The van der Waals surface area contributed by atoms with Gasteiger partial charge in [-0.25, -0.2) is 14.4 Å². The van der Waals surface area contributed by atoms with Crippen LogP contribution in [0.2, 0.25) is 0 Å². The van der Waals surface area contributed by atoms with E-state index in [0.29, 0.717) is 23.6 Å². The third kappa shape index (κ3) is 4.10. The van der Waals surface area contributed by atoms with Crippen molar-refractivity contribution in [2.24, 2.45) is 0 Å². The van der Waals surface area contributed by atoms with Gasteiger partial charge >= 0.3 is 0 Å². The van der Waals surface area contributed by atoms with E-state index in [1.807, 2.05) is 30.3 Å². The molecule has 0 aliphatic carbocycles. The first-order valence-electron chi connectivity index (χ1n) is 7.80. The van der Waals surface area contributed by atoms with E-state index < -0.39 is 11.9 Å². The van der Waals surface area contributed by atoms with Gasteiger partial charge in [0.15, 0.2) is 11.6 Å². The van der Waals surface area contributed by atoms with Crippen molar-refractivity contribution in [1.29, 1.82) is 0 Å². The van der Waals surface area contributed by atoms with Crippen molar-refractivity contribution < 1.29 is 14.2 Å². The van der Waals surface area contributed by atoms with Crippen molar-refractivity contribution in [1.82, 2.24) is 9.97 Å². The van der Waals surface area contributed by atoms with Crippen LogP contribution in [-0.4, -0.2) is 28.7 Å². The number of aromatic nitrogens is 2. The van der Waals surface area contributed by atoms with Gasteiger partial charge in [0.25, 0.3) is 0 Å². The fraction of sp³-hybridized carbons (Fsp3) is 0.158. The van der Waals surface area contributed by atoms with Gasteiger partial charge in [-0.3, -0.25) is 0 Å². The number of nitrogens with zero attached hydrogens (tertiary/aromatic N) is 2. The van der Waals surface area contributed by atoms with E-state index in [2.05, 4.69) is 15.3 Å². The van der Waals surface area contributed by atoms with Crippen LogP contribution in [0.1, 0.15) is 11.7 Å². The van der Waals surface area contributed by atoms with E-state index >= 15 is 0 Å². The molecular weight excluding hydrogens is 321 g/mol. The molecule has 0 aliphatic heterocycles. The van der Waals surface area contributed by atoms with E-state index in [1.54, 1.807) is 18.2 Å². The summed E-state index contributed by atoms with van der Waals surface area (Å²) >= 11 is 0. The third-order valence-corrected chi connectivity index (χ3v) is 3.78. The first-order chi connectivity index (χ1) is 12.2. The molecule has 0 radical (unpaired) electrons. The minimum Gasteiger partial charge on any atom is -0.494 e. The molecule has 128 valence electrons. The Kier molecular flexibility index (Phi) is 5.20. The first kappa shape index (κ1) is 16.9. The Balaban J connectivity index is 1.72. The van der Waals surface area contributed by atoms with Crippen LogP contribution in [0.5, 0.6) is 5.75 Å². The number of aliphatic hydroxyl groups is 1. The average Bonchev–Trinajstić information content (AvgIpc) is 2.67. The van der Waals surface area contributed by atoms with Crippen LogP contribution in [0, 0.1) is 5.82 Å². The zero-order chi connectivity index (χ0) is 17.6. The van der Waals surface area contributed by atoms with Crippen molar-refractivity contribution >= 4 is 5.82 Å². The number of anilines is 1. The quantitative estimate of drug-likeness (QED) is 0.720. The van der Waals surface area contributed by atoms with Gasteiger partial charge in [-0.05, 0) is 23.8 Å². The topological polar surface area (TPSA) is 67.3 Å². The molecule has 1 aromatic heterocycles. The minimum atomic E-state index is -0.655. The standard InChI is InChI=1S/C19H18FN3O2/c1-25-18-8-7-14(9-15(18)20)16-10-19(23-12-22-16)21-11-17(24)13-5-3-2-4-6-13/h2-10,12,17,24H,11H2,1H3,(H,21,22,23). The number of nitrogens with one attached hydrogen (secondary N) is 1. The third-order valence-electron chi connectivity index (χ3n) is 3.78. The molecule has 0 spiro atoms. The van der Waals surface area contributed by atoms with Gasteiger partial charge < -0.3 is 15.2 Å². The summed E-state index contributed by atoms with van der Waals surface area (Å²) in [6.07, 6.45) is 0.743. The van der Waals surface area contributed by atoms with Crippen molar-refractivity contribution in [3.8, 4) is 17.0 Å². The van der Waals surface area contributed by atoms with Gasteiger partial charge in [-0.1, -0.05) is 30.3 Å². The van der Waals surface area contributed by atoms with Gasteiger partial charge in [-0.15, -0.1) is 0 Å². The van der Waals surface area contributed by atoms with Crippen molar-refractivity contribution in [2.75, 3.05) is 19.0 Å². The average molecular weight is 339 g/mol. The summed E-state index contributed by atoms with van der Waals surface area (Å²) in [6, 6.07) is 15.7. The summed E-state index contributed by atoms with van der Waals surface area (Å²) in [4.78, 5) is 8.31. The van der Waals surface area contributed by atoms with Crippen LogP contribution in [0.4, 0.5) is 10.2 Å². The molecule has 0 saturated heterocycles. The second kappa shape index (κ2) is 7.72. The monoisotopic (exact) mass is 339 g/mol. The minimum absolute atomic E-state index is 0.183. The molecule has 5 nitrogen and oxygen atoms in total. The van der Waals surface area contributed by atoms with E-state index in [4.69, 9.17) is 4.74 Å². The van der Waals surface area contributed by atoms with E-state index in [-0.39, 0.29) is 5.75 Å². The number of ether oxygens (including phenoxy) is 1. The Bertz CT molecular complexity index is 843. The van der Waals surface area contributed by atoms with Crippen molar-refractivity contribution in [3.63, 3.8) is 0 Å². The highest BCUT2D eigenvalue weighted by molar-refractivity contribution is 5.63. The van der Waals surface area contributed by atoms with E-state index in [0.717, 1.165) is 5.56 Å². The molecule has 1 atom stereocenters. The SMILES string of the molecule is COc1ccc(-c2cc(NCC(O)c3ccccc3)ncn2)cc1F. The summed E-state index contributed by atoms with van der Waals surface area (Å²) in [6.45, 7) is 0.303. The number of rotatable bonds is 6. The molecule has 0 aliphatic rings. The summed E-state index contributed by atoms with van der Waals surface area (Å²) in [5, 5.41) is 13.3. The lowest BCUT2D eigenvalue weighted by Gasteiger charge is -2.13. The molecule has 3 aromatic rings. The van der Waals surface area contributed by atoms with Gasteiger partial charge in [0.05, 0.1) is 18.9 Å². The second-order valence-electron chi connectivity index (χ2n) is 5.45. The lowest BCUT2D eigenvalue weighted by Crippen LogP contribution is -2.13. The number of methoxy groups -OCH3 is 1. The lowest BCUT2D eigenvalue weighted by molar-refractivity contribution is 0.191. The predicted octanol–water partition coefficient (Wildman–Crippen LogP) is 3.44. The molecule has 0 fully saturated rings. The lowest BCUT2D eigenvalue weighted by atomic mass is 10.1. The zero-order valence-electron chi connectivity index (χ0n) is 13.7. The zero-order valence-corrected chi connectivity index (χ0v) is 13.7. The smallest absolute Gasteiger partial charge is 0.165 e. The van der Waals surface area contributed by atoms with Gasteiger partial charge in [0.1, 0.15) is 12.1 Å². The molecule has 0 amide bonds. The molecule has 6 heteroatoms. The van der Waals surface area contributed by atoms with Gasteiger partial charge in [-0.2, -0.15) is 0 Å². The number of halogens is 1. The Morgan fingerprint density at radius 3 is 2.64 bits per heavy atom. The predicted molar refractivity (Wildman–Crippen MR) is 93.9 cm³/mol. The number of aliphatic hydroxyl groups excluding tert-OH is 1. The maximum Gasteiger partial charge on any atom is 0.165 e. The highest BCUT2D eigenvalue weighted by Crippen LogP contribution is 2.25. The molecule has 0 bridgehead atoms. The highest BCUT2D eigenvalue weighted by atomic mass is 19.1. The Morgan fingerprint density at radius 1 is 1.12 bits per heavy atom. The van der Waals surface area contributed by atoms with Gasteiger partial charge in [0.2, 0.25) is 0 Å². The largest absolute Gasteiger partial charge is 0.494 e. The Morgan fingerprint density at radius 2 is 1.92 bits per heavy atom. The Labute approximate surface area is 145 Å². The molecule has 1 heterocycles. The molecule has 0 saturated carbocycles. The molecule has 2 aromatic carbocycles.